The largest absolute Gasteiger partial charge is 0.473 e. The molecule has 0 atom stereocenters. The van der Waals surface area contributed by atoms with E-state index in [4.69, 9.17) is 15.0 Å². The van der Waals surface area contributed by atoms with Gasteiger partial charge in [-0.25, -0.2) is 4.98 Å². The third-order valence-electron chi connectivity index (χ3n) is 1.56. The van der Waals surface area contributed by atoms with Gasteiger partial charge in [-0.1, -0.05) is 0 Å². The van der Waals surface area contributed by atoms with Gasteiger partial charge in [0.2, 0.25) is 0 Å². The third-order valence-corrected chi connectivity index (χ3v) is 1.56. The van der Waals surface area contributed by atoms with Crippen molar-refractivity contribution in [3.05, 3.63) is 18.3 Å². The van der Waals surface area contributed by atoms with Crippen LogP contribution in [0, 0.1) is 0 Å². The van der Waals surface area contributed by atoms with Crippen LogP contribution in [0.25, 0.3) is 11.1 Å². The summed E-state index contributed by atoms with van der Waals surface area (Å²) in [6.45, 7) is 0.861. The molecule has 0 saturated heterocycles. The van der Waals surface area contributed by atoms with Crippen LogP contribution in [0.3, 0.4) is 0 Å². The Balaban J connectivity index is 2.35. The van der Waals surface area contributed by atoms with Crippen LogP contribution in [0.2, 0.25) is 0 Å². The highest BCUT2D eigenvalue weighted by Gasteiger charge is 2.08. The van der Waals surface area contributed by atoms with Crippen LogP contribution in [0.15, 0.2) is 22.9 Å². The van der Waals surface area contributed by atoms with Crippen LogP contribution in [0.5, 0.6) is 5.88 Å². The molecule has 0 aliphatic rings. The van der Waals surface area contributed by atoms with Gasteiger partial charge in [0.25, 0.3) is 5.88 Å². The number of hydrogen-bond acceptors (Lipinski definition) is 5. The number of ether oxygens (including phenoxy) is 1. The number of rotatable bonds is 3. The minimum atomic E-state index is 0.404. The molecule has 0 aliphatic heterocycles. The van der Waals surface area contributed by atoms with Crippen LogP contribution >= 0.6 is 0 Å². The molecule has 0 bridgehead atoms. The highest BCUT2D eigenvalue weighted by Crippen LogP contribution is 2.21. The Morgan fingerprint density at radius 3 is 3.31 bits per heavy atom. The van der Waals surface area contributed by atoms with E-state index in [-0.39, 0.29) is 0 Å². The summed E-state index contributed by atoms with van der Waals surface area (Å²) in [7, 11) is 0. The maximum Gasteiger partial charge on any atom is 0.281 e. The zero-order valence-corrected chi connectivity index (χ0v) is 6.93. The van der Waals surface area contributed by atoms with Crippen molar-refractivity contribution in [2.75, 3.05) is 13.2 Å². The van der Waals surface area contributed by atoms with E-state index in [0.29, 0.717) is 30.1 Å². The van der Waals surface area contributed by atoms with Crippen molar-refractivity contribution >= 4 is 11.1 Å². The van der Waals surface area contributed by atoms with Gasteiger partial charge in [-0.05, 0) is 17.3 Å². The molecule has 0 aliphatic carbocycles. The predicted octanol–water partition coefficient (Wildman–Crippen LogP) is 0.560. The molecule has 2 N–H and O–H groups in total. The van der Waals surface area contributed by atoms with Gasteiger partial charge in [-0.2, -0.15) is 0 Å². The highest BCUT2D eigenvalue weighted by atomic mass is 16.5. The van der Waals surface area contributed by atoms with E-state index in [1.807, 2.05) is 0 Å². The molecule has 2 aromatic heterocycles. The van der Waals surface area contributed by atoms with Gasteiger partial charge in [0, 0.05) is 12.7 Å². The summed E-state index contributed by atoms with van der Waals surface area (Å²) < 4.78 is 10.2. The molecule has 0 amide bonds. The molecule has 2 aromatic rings. The van der Waals surface area contributed by atoms with Crippen LogP contribution in [0.4, 0.5) is 0 Å². The van der Waals surface area contributed by atoms with Crippen LogP contribution in [0.1, 0.15) is 0 Å². The maximum atomic E-state index is 5.29. The fourth-order valence-corrected chi connectivity index (χ4v) is 1.01. The molecule has 5 nitrogen and oxygen atoms in total. The van der Waals surface area contributed by atoms with Crippen molar-refractivity contribution in [1.82, 2.24) is 10.1 Å². The topological polar surface area (TPSA) is 74.2 Å². The molecular weight excluding hydrogens is 170 g/mol. The molecule has 0 unspecified atom stereocenters. The summed E-state index contributed by atoms with van der Waals surface area (Å²) in [5.41, 5.74) is 6.54. The first-order chi connectivity index (χ1) is 6.42. The minimum Gasteiger partial charge on any atom is -0.473 e. The second kappa shape index (κ2) is 3.40. The van der Waals surface area contributed by atoms with E-state index in [2.05, 4.69) is 10.1 Å². The lowest BCUT2D eigenvalue weighted by molar-refractivity contribution is 0.292. The van der Waals surface area contributed by atoms with E-state index in [0.717, 1.165) is 0 Å². The first kappa shape index (κ1) is 8.00. The molecule has 2 rings (SSSR count). The van der Waals surface area contributed by atoms with E-state index in [1.54, 1.807) is 18.3 Å². The summed E-state index contributed by atoms with van der Waals surface area (Å²) in [4.78, 5) is 4.07. The van der Waals surface area contributed by atoms with Crippen LogP contribution in [-0.2, 0) is 0 Å². The van der Waals surface area contributed by atoms with E-state index in [1.165, 1.54) is 0 Å². The number of fused-ring (bicyclic) bond motifs is 1. The van der Waals surface area contributed by atoms with Crippen LogP contribution in [-0.4, -0.2) is 23.3 Å². The summed E-state index contributed by atoms with van der Waals surface area (Å²) >= 11 is 0. The van der Waals surface area contributed by atoms with Crippen molar-refractivity contribution in [3.8, 4) is 5.88 Å². The number of nitrogens with zero attached hydrogens (tertiary/aromatic N) is 2. The average Bonchev–Trinajstić information content (AvgIpc) is 2.58. The molecule has 68 valence electrons. The van der Waals surface area contributed by atoms with E-state index >= 15 is 0 Å². The van der Waals surface area contributed by atoms with Crippen molar-refractivity contribution < 1.29 is 9.26 Å². The maximum absolute atomic E-state index is 5.29. The number of pyridine rings is 1. The standard InChI is InChI=1S/C8H9N3O2/c9-3-5-12-8-7-6(13-11-8)2-1-4-10-7/h1-2,4H,3,5,9H2. The van der Waals surface area contributed by atoms with Gasteiger partial charge in [-0.15, -0.1) is 0 Å². The first-order valence-electron chi connectivity index (χ1n) is 3.95. The normalized spacial score (nSPS) is 10.5. The lowest BCUT2D eigenvalue weighted by atomic mass is 10.4. The zero-order valence-electron chi connectivity index (χ0n) is 6.93. The molecule has 0 fully saturated rings. The number of hydrogen-bond donors (Lipinski definition) is 1. The Hall–Kier alpha value is -1.62. The molecule has 0 spiro atoms. The molecule has 0 saturated carbocycles. The van der Waals surface area contributed by atoms with Crippen LogP contribution < -0.4 is 10.5 Å². The summed E-state index contributed by atoms with van der Waals surface area (Å²) in [5, 5.41) is 3.72. The fraction of sp³-hybridized carbons (Fsp3) is 0.250. The van der Waals surface area contributed by atoms with E-state index < -0.39 is 0 Å². The average molecular weight is 179 g/mol. The minimum absolute atomic E-state index is 0.404. The number of aromatic nitrogens is 2. The molecule has 0 radical (unpaired) electrons. The summed E-state index contributed by atoms with van der Waals surface area (Å²) in [6, 6.07) is 3.56. The Labute approximate surface area is 74.5 Å². The second-order valence-electron chi connectivity index (χ2n) is 2.48. The van der Waals surface area contributed by atoms with Crippen molar-refractivity contribution in [2.45, 2.75) is 0 Å². The monoisotopic (exact) mass is 179 g/mol. The van der Waals surface area contributed by atoms with Gasteiger partial charge < -0.3 is 15.0 Å². The van der Waals surface area contributed by atoms with Gasteiger partial charge in [0.15, 0.2) is 11.1 Å². The number of nitrogens with two attached hydrogens (primary N) is 1. The Morgan fingerprint density at radius 1 is 1.54 bits per heavy atom. The van der Waals surface area contributed by atoms with Gasteiger partial charge >= 0.3 is 0 Å². The molecule has 5 heteroatoms. The summed E-state index contributed by atoms with van der Waals surface area (Å²) in [6.07, 6.45) is 1.66. The lowest BCUT2D eigenvalue weighted by Gasteiger charge is -1.97. The SMILES string of the molecule is NCCOc1noc2cccnc12. The molecule has 2 heterocycles. The van der Waals surface area contributed by atoms with Gasteiger partial charge in [-0.3, -0.25) is 0 Å². The predicted molar refractivity (Wildman–Crippen MR) is 46.4 cm³/mol. The van der Waals surface area contributed by atoms with Crippen molar-refractivity contribution in [2.24, 2.45) is 5.73 Å². The highest BCUT2D eigenvalue weighted by molar-refractivity contribution is 5.76. The van der Waals surface area contributed by atoms with E-state index in [9.17, 15) is 0 Å². The Kier molecular flexibility index (Phi) is 2.09. The van der Waals surface area contributed by atoms with Crippen molar-refractivity contribution in [1.29, 1.82) is 0 Å². The molecular formula is C8H9N3O2. The second-order valence-corrected chi connectivity index (χ2v) is 2.48. The first-order valence-corrected chi connectivity index (χ1v) is 3.95. The smallest absolute Gasteiger partial charge is 0.281 e. The third kappa shape index (κ3) is 1.46. The Bertz CT molecular complexity index is 399. The van der Waals surface area contributed by atoms with Gasteiger partial charge in [0.1, 0.15) is 6.61 Å². The van der Waals surface area contributed by atoms with Crippen molar-refractivity contribution in [3.63, 3.8) is 0 Å². The quantitative estimate of drug-likeness (QED) is 0.745. The molecule has 13 heavy (non-hydrogen) atoms. The molecule has 0 aromatic carbocycles. The fourth-order valence-electron chi connectivity index (χ4n) is 1.01. The Morgan fingerprint density at radius 2 is 2.46 bits per heavy atom. The van der Waals surface area contributed by atoms with Gasteiger partial charge in [0.05, 0.1) is 0 Å². The summed E-state index contributed by atoms with van der Waals surface area (Å²) in [5.74, 6) is 0.404. The zero-order chi connectivity index (χ0) is 9.10. The lowest BCUT2D eigenvalue weighted by Crippen LogP contribution is -2.10.